The van der Waals surface area contributed by atoms with E-state index in [1.165, 1.54) is 11.8 Å². The first-order valence-corrected chi connectivity index (χ1v) is 7.14. The minimum atomic E-state index is -0.420. The molecule has 0 spiro atoms. The molecular formula is C12H20N2O2S. The third-order valence-corrected chi connectivity index (χ3v) is 4.14. The number of aliphatic hydroxyl groups is 1. The number of rotatable bonds is 5. The first-order valence-electron chi connectivity index (χ1n) is 5.98. The number of aliphatic hydroxyl groups excluding tert-OH is 1. The third kappa shape index (κ3) is 4.57. The van der Waals surface area contributed by atoms with Crippen LogP contribution in [0.1, 0.15) is 32.6 Å². The van der Waals surface area contributed by atoms with E-state index in [1.54, 1.807) is 0 Å². The first kappa shape index (κ1) is 14.3. The van der Waals surface area contributed by atoms with E-state index >= 15 is 0 Å². The molecule has 0 heterocycles. The van der Waals surface area contributed by atoms with E-state index in [4.69, 9.17) is 5.26 Å². The van der Waals surface area contributed by atoms with E-state index in [2.05, 4.69) is 12.2 Å². The first-order chi connectivity index (χ1) is 8.12. The molecule has 0 aliphatic heterocycles. The molecule has 4 nitrogen and oxygen atoms in total. The zero-order valence-electron chi connectivity index (χ0n) is 10.2. The van der Waals surface area contributed by atoms with Gasteiger partial charge in [-0.15, -0.1) is 11.8 Å². The van der Waals surface area contributed by atoms with Gasteiger partial charge >= 0.3 is 0 Å². The van der Waals surface area contributed by atoms with Crippen LogP contribution in [0.4, 0.5) is 0 Å². The molecule has 17 heavy (non-hydrogen) atoms. The molecule has 0 bridgehead atoms. The second kappa shape index (κ2) is 6.87. The average molecular weight is 256 g/mol. The Kier molecular flexibility index (Phi) is 5.79. The highest BCUT2D eigenvalue weighted by molar-refractivity contribution is 8.00. The molecule has 1 fully saturated rings. The summed E-state index contributed by atoms with van der Waals surface area (Å²) >= 11 is 1.30. The molecule has 0 aromatic carbocycles. The van der Waals surface area contributed by atoms with Crippen LogP contribution in [0.25, 0.3) is 0 Å². The fraction of sp³-hybridized carbons (Fsp3) is 0.833. The van der Waals surface area contributed by atoms with E-state index in [9.17, 15) is 9.90 Å². The average Bonchev–Trinajstić information content (AvgIpc) is 2.33. The number of hydrogen-bond acceptors (Lipinski definition) is 4. The maximum atomic E-state index is 11.7. The number of hydrogen-bond donors (Lipinski definition) is 2. The molecule has 96 valence electrons. The lowest BCUT2D eigenvalue weighted by Crippen LogP contribution is -2.53. The molecule has 1 rings (SSSR count). The van der Waals surface area contributed by atoms with Gasteiger partial charge < -0.3 is 10.4 Å². The Bertz CT molecular complexity index is 293. The van der Waals surface area contributed by atoms with E-state index in [-0.39, 0.29) is 12.5 Å². The number of nitrogens with one attached hydrogen (secondary N) is 1. The molecule has 0 unspecified atom stereocenters. The van der Waals surface area contributed by atoms with E-state index in [0.717, 1.165) is 25.7 Å². The highest BCUT2D eigenvalue weighted by Gasteiger charge is 2.34. The number of carbonyl (C=O) groups is 1. The summed E-state index contributed by atoms with van der Waals surface area (Å²) in [5.41, 5.74) is -0.420. The summed E-state index contributed by atoms with van der Waals surface area (Å²) in [6, 6.07) is 1.99. The summed E-state index contributed by atoms with van der Waals surface area (Å²) in [5, 5.41) is 20.8. The Balaban J connectivity index is 2.41. The Hall–Kier alpha value is -0.730. The lowest BCUT2D eigenvalue weighted by atomic mass is 9.77. The van der Waals surface area contributed by atoms with E-state index < -0.39 is 5.54 Å². The van der Waals surface area contributed by atoms with Crippen molar-refractivity contribution in [2.75, 3.05) is 18.1 Å². The van der Waals surface area contributed by atoms with Crippen LogP contribution in [0.5, 0.6) is 0 Å². The molecule has 1 saturated carbocycles. The third-order valence-electron chi connectivity index (χ3n) is 3.34. The van der Waals surface area contributed by atoms with Crippen LogP contribution in [-0.4, -0.2) is 34.7 Å². The smallest absolute Gasteiger partial charge is 0.230 e. The van der Waals surface area contributed by atoms with Crippen molar-refractivity contribution in [3.63, 3.8) is 0 Å². The summed E-state index contributed by atoms with van der Waals surface area (Å²) in [5.74, 6) is 1.23. The lowest BCUT2D eigenvalue weighted by molar-refractivity contribution is -0.121. The molecule has 0 atom stereocenters. The fourth-order valence-corrected chi connectivity index (χ4v) is 2.61. The van der Waals surface area contributed by atoms with Gasteiger partial charge in [0.05, 0.1) is 29.7 Å². The number of nitriles is 1. The van der Waals surface area contributed by atoms with Gasteiger partial charge in [-0.05, 0) is 31.6 Å². The molecule has 0 aromatic heterocycles. The molecule has 2 N–H and O–H groups in total. The predicted octanol–water partition coefficient (Wildman–Crippen LogP) is 1.30. The molecule has 0 saturated heterocycles. The van der Waals surface area contributed by atoms with Crippen molar-refractivity contribution in [1.29, 1.82) is 5.26 Å². The Labute approximate surface area is 107 Å². The van der Waals surface area contributed by atoms with Crippen molar-refractivity contribution in [3.8, 4) is 6.07 Å². The predicted molar refractivity (Wildman–Crippen MR) is 68.5 cm³/mol. The van der Waals surface area contributed by atoms with Gasteiger partial charge in [0.25, 0.3) is 0 Å². The van der Waals surface area contributed by atoms with Crippen molar-refractivity contribution >= 4 is 17.7 Å². The largest absolute Gasteiger partial charge is 0.394 e. The standard InChI is InChI=1S/C12H20N2O2S/c1-10-2-4-12(9-15,5-3-10)14-11(16)8-17-7-6-13/h10,15H,2-5,7-9H2,1H3,(H,14,16). The second-order valence-electron chi connectivity index (χ2n) is 4.82. The van der Waals surface area contributed by atoms with Gasteiger partial charge in [-0.2, -0.15) is 5.26 Å². The zero-order chi connectivity index (χ0) is 12.7. The van der Waals surface area contributed by atoms with Crippen LogP contribution in [0.15, 0.2) is 0 Å². The highest BCUT2D eigenvalue weighted by atomic mass is 32.2. The highest BCUT2D eigenvalue weighted by Crippen LogP contribution is 2.31. The van der Waals surface area contributed by atoms with Crippen molar-refractivity contribution < 1.29 is 9.90 Å². The lowest BCUT2D eigenvalue weighted by Gasteiger charge is -2.38. The fourth-order valence-electron chi connectivity index (χ4n) is 2.16. The quantitative estimate of drug-likeness (QED) is 0.727. The van der Waals surface area contributed by atoms with E-state index in [1.807, 2.05) is 6.07 Å². The molecule has 1 aliphatic carbocycles. The summed E-state index contributed by atoms with van der Waals surface area (Å²) in [4.78, 5) is 11.7. The molecule has 1 aliphatic rings. The summed E-state index contributed by atoms with van der Waals surface area (Å²) in [6.07, 6.45) is 3.79. The Morgan fingerprint density at radius 2 is 2.24 bits per heavy atom. The number of carbonyl (C=O) groups excluding carboxylic acids is 1. The Morgan fingerprint density at radius 1 is 1.59 bits per heavy atom. The van der Waals surface area contributed by atoms with Crippen molar-refractivity contribution in [3.05, 3.63) is 0 Å². The summed E-state index contributed by atoms with van der Waals surface area (Å²) in [7, 11) is 0. The molecule has 0 radical (unpaired) electrons. The van der Waals surface area contributed by atoms with Gasteiger partial charge in [-0.3, -0.25) is 4.79 Å². The maximum absolute atomic E-state index is 11.7. The van der Waals surface area contributed by atoms with Gasteiger partial charge in [0.1, 0.15) is 0 Å². The molecule has 0 aromatic rings. The van der Waals surface area contributed by atoms with Crippen LogP contribution >= 0.6 is 11.8 Å². The molecular weight excluding hydrogens is 236 g/mol. The SMILES string of the molecule is CC1CCC(CO)(NC(=O)CSCC#N)CC1. The minimum Gasteiger partial charge on any atom is -0.394 e. The van der Waals surface area contributed by atoms with Crippen molar-refractivity contribution in [1.82, 2.24) is 5.32 Å². The zero-order valence-corrected chi connectivity index (χ0v) is 11.1. The van der Waals surface area contributed by atoms with Crippen LogP contribution in [-0.2, 0) is 4.79 Å². The number of nitrogens with zero attached hydrogens (tertiary/aromatic N) is 1. The minimum absolute atomic E-state index is 0.00831. The second-order valence-corrected chi connectivity index (χ2v) is 5.81. The van der Waals surface area contributed by atoms with Gasteiger partial charge in [0, 0.05) is 0 Å². The topological polar surface area (TPSA) is 73.1 Å². The van der Waals surface area contributed by atoms with Crippen LogP contribution in [0, 0.1) is 17.2 Å². The number of thioether (sulfide) groups is 1. The molecule has 5 heteroatoms. The maximum Gasteiger partial charge on any atom is 0.230 e. The molecule has 1 amide bonds. The van der Waals surface area contributed by atoms with Gasteiger partial charge in [-0.25, -0.2) is 0 Å². The summed E-state index contributed by atoms with van der Waals surface area (Å²) in [6.45, 7) is 2.21. The normalized spacial score (nSPS) is 28.4. The van der Waals surface area contributed by atoms with Crippen molar-refractivity contribution in [2.45, 2.75) is 38.1 Å². The van der Waals surface area contributed by atoms with E-state index in [0.29, 0.717) is 17.4 Å². The van der Waals surface area contributed by atoms with Gasteiger partial charge in [-0.1, -0.05) is 6.92 Å². The summed E-state index contributed by atoms with van der Waals surface area (Å²) < 4.78 is 0. The van der Waals surface area contributed by atoms with Crippen LogP contribution in [0.3, 0.4) is 0 Å². The Morgan fingerprint density at radius 3 is 2.76 bits per heavy atom. The number of amides is 1. The monoisotopic (exact) mass is 256 g/mol. The van der Waals surface area contributed by atoms with Crippen LogP contribution < -0.4 is 5.32 Å². The van der Waals surface area contributed by atoms with Crippen LogP contribution in [0.2, 0.25) is 0 Å². The van der Waals surface area contributed by atoms with Gasteiger partial charge in [0.15, 0.2) is 0 Å². The van der Waals surface area contributed by atoms with Gasteiger partial charge in [0.2, 0.25) is 5.91 Å². The van der Waals surface area contributed by atoms with Crippen molar-refractivity contribution in [2.24, 2.45) is 5.92 Å².